The average Bonchev–Trinajstić information content (AvgIpc) is 2.95. The molecule has 1 amide bonds. The predicted molar refractivity (Wildman–Crippen MR) is 120 cm³/mol. The highest BCUT2D eigenvalue weighted by atomic mass is 32.1. The predicted octanol–water partition coefficient (Wildman–Crippen LogP) is 3.90. The molecule has 0 aliphatic carbocycles. The van der Waals surface area contributed by atoms with Crippen LogP contribution in [0.25, 0.3) is 10.2 Å². The Balaban J connectivity index is 2.03. The lowest BCUT2D eigenvalue weighted by molar-refractivity contribution is -0.119. The van der Waals surface area contributed by atoms with Crippen molar-refractivity contribution in [3.05, 3.63) is 56.4 Å². The van der Waals surface area contributed by atoms with Gasteiger partial charge >= 0.3 is 0 Å². The van der Waals surface area contributed by atoms with Crippen LogP contribution in [0.4, 0.5) is 5.69 Å². The topological polar surface area (TPSA) is 67.2 Å². The Labute approximate surface area is 175 Å². The molecule has 0 fully saturated rings. The molecule has 2 aromatic heterocycles. The highest BCUT2D eigenvalue weighted by Crippen LogP contribution is 2.27. The van der Waals surface area contributed by atoms with E-state index in [9.17, 15) is 9.59 Å². The summed E-state index contributed by atoms with van der Waals surface area (Å²) >= 11 is 1.53. The summed E-state index contributed by atoms with van der Waals surface area (Å²) in [4.78, 5) is 34.9. The van der Waals surface area contributed by atoms with Crippen LogP contribution in [-0.4, -0.2) is 34.5 Å². The zero-order valence-corrected chi connectivity index (χ0v) is 18.7. The first-order valence-corrected chi connectivity index (χ1v) is 10.6. The standard InChI is InChI=1S/C22H28N4O2S/c1-7-16-8-10-17(11-9-16)23-20(27)14(3)26-18(12-25(5)6)24-21-19(22(26)28)13(2)15(4)29-21/h8-11,14H,7,12H2,1-6H3,(H,23,27). The van der Waals surface area contributed by atoms with Crippen LogP contribution in [0.5, 0.6) is 0 Å². The second-order valence-electron chi connectivity index (χ2n) is 7.62. The van der Waals surface area contributed by atoms with Crippen molar-refractivity contribution >= 4 is 33.1 Å². The van der Waals surface area contributed by atoms with Gasteiger partial charge in [0.2, 0.25) is 5.91 Å². The first-order valence-electron chi connectivity index (χ1n) is 9.78. The molecule has 0 bridgehead atoms. The third-order valence-electron chi connectivity index (χ3n) is 5.16. The molecule has 6 nitrogen and oxygen atoms in total. The number of thiophene rings is 1. The number of nitrogens with zero attached hydrogens (tertiary/aromatic N) is 3. The van der Waals surface area contributed by atoms with Crippen LogP contribution >= 0.6 is 11.3 Å². The molecule has 1 atom stereocenters. The maximum Gasteiger partial charge on any atom is 0.263 e. The normalized spacial score (nSPS) is 12.5. The van der Waals surface area contributed by atoms with Crippen molar-refractivity contribution in [2.75, 3.05) is 19.4 Å². The second kappa shape index (κ2) is 8.47. The van der Waals surface area contributed by atoms with E-state index in [4.69, 9.17) is 4.98 Å². The first-order chi connectivity index (χ1) is 13.7. The van der Waals surface area contributed by atoms with Crippen molar-refractivity contribution in [3.8, 4) is 0 Å². The Kier molecular flexibility index (Phi) is 6.19. The van der Waals surface area contributed by atoms with Gasteiger partial charge in [0.15, 0.2) is 0 Å². The van der Waals surface area contributed by atoms with E-state index in [1.54, 1.807) is 6.92 Å². The SMILES string of the molecule is CCc1ccc(NC(=O)C(C)n2c(CN(C)C)nc3sc(C)c(C)c3c2=O)cc1. The third kappa shape index (κ3) is 4.26. The van der Waals surface area contributed by atoms with E-state index in [0.717, 1.165) is 27.4 Å². The number of benzene rings is 1. The van der Waals surface area contributed by atoms with Crippen LogP contribution in [0.2, 0.25) is 0 Å². The number of carbonyl (C=O) groups excluding carboxylic acids is 1. The number of rotatable bonds is 6. The molecule has 29 heavy (non-hydrogen) atoms. The Bertz CT molecular complexity index is 1100. The minimum Gasteiger partial charge on any atom is -0.324 e. The molecule has 0 saturated carbocycles. The maximum atomic E-state index is 13.4. The van der Waals surface area contributed by atoms with E-state index < -0.39 is 6.04 Å². The quantitative estimate of drug-likeness (QED) is 0.667. The minimum absolute atomic E-state index is 0.155. The number of carbonyl (C=O) groups is 1. The van der Waals surface area contributed by atoms with E-state index in [-0.39, 0.29) is 11.5 Å². The maximum absolute atomic E-state index is 13.4. The highest BCUT2D eigenvalue weighted by molar-refractivity contribution is 7.18. The van der Waals surface area contributed by atoms with Gasteiger partial charge in [-0.25, -0.2) is 4.98 Å². The summed E-state index contributed by atoms with van der Waals surface area (Å²) in [5.74, 6) is 0.361. The van der Waals surface area contributed by atoms with Gasteiger partial charge in [-0.15, -0.1) is 11.3 Å². The Morgan fingerprint density at radius 2 is 1.90 bits per heavy atom. The monoisotopic (exact) mass is 412 g/mol. The Morgan fingerprint density at radius 3 is 2.48 bits per heavy atom. The lowest BCUT2D eigenvalue weighted by Gasteiger charge is -2.21. The molecule has 0 spiro atoms. The number of amides is 1. The molecule has 2 heterocycles. The third-order valence-corrected chi connectivity index (χ3v) is 6.26. The number of hydrogen-bond acceptors (Lipinski definition) is 5. The van der Waals surface area contributed by atoms with Crippen molar-refractivity contribution in [3.63, 3.8) is 0 Å². The molecule has 154 valence electrons. The number of aromatic nitrogens is 2. The molecule has 0 aliphatic heterocycles. The molecular formula is C22H28N4O2S. The van der Waals surface area contributed by atoms with Crippen molar-refractivity contribution < 1.29 is 4.79 Å². The van der Waals surface area contributed by atoms with Crippen molar-refractivity contribution in [2.45, 2.75) is 46.7 Å². The fourth-order valence-corrected chi connectivity index (χ4v) is 4.37. The molecule has 0 saturated heterocycles. The summed E-state index contributed by atoms with van der Waals surface area (Å²) < 4.78 is 1.54. The highest BCUT2D eigenvalue weighted by Gasteiger charge is 2.24. The summed E-state index contributed by atoms with van der Waals surface area (Å²) in [6.07, 6.45) is 0.943. The van der Waals surface area contributed by atoms with Crippen LogP contribution in [0, 0.1) is 13.8 Å². The van der Waals surface area contributed by atoms with Crippen LogP contribution < -0.4 is 10.9 Å². The number of fused-ring (bicyclic) bond motifs is 1. The van der Waals surface area contributed by atoms with E-state index in [0.29, 0.717) is 17.8 Å². The minimum atomic E-state index is -0.681. The molecule has 3 aromatic rings. The zero-order valence-electron chi connectivity index (χ0n) is 17.9. The van der Waals surface area contributed by atoms with Crippen LogP contribution in [0.1, 0.15) is 41.7 Å². The molecule has 1 unspecified atom stereocenters. The van der Waals surface area contributed by atoms with Gasteiger partial charge in [0.1, 0.15) is 16.7 Å². The zero-order chi connectivity index (χ0) is 21.3. The number of hydrogen-bond donors (Lipinski definition) is 1. The van der Waals surface area contributed by atoms with Gasteiger partial charge in [0, 0.05) is 10.6 Å². The smallest absolute Gasteiger partial charge is 0.263 e. The van der Waals surface area contributed by atoms with Gasteiger partial charge in [-0.05, 0) is 64.5 Å². The van der Waals surface area contributed by atoms with E-state index in [1.807, 2.05) is 57.1 Å². The lowest BCUT2D eigenvalue weighted by atomic mass is 10.1. The molecule has 1 aromatic carbocycles. The summed E-state index contributed by atoms with van der Waals surface area (Å²) in [5, 5.41) is 3.54. The van der Waals surface area contributed by atoms with Crippen molar-refractivity contribution in [1.29, 1.82) is 0 Å². The van der Waals surface area contributed by atoms with Crippen LogP contribution in [-0.2, 0) is 17.8 Å². The molecule has 1 N–H and O–H groups in total. The largest absolute Gasteiger partial charge is 0.324 e. The number of anilines is 1. The molecule has 0 aliphatic rings. The number of nitrogens with one attached hydrogen (secondary N) is 1. The fourth-order valence-electron chi connectivity index (χ4n) is 3.33. The van der Waals surface area contributed by atoms with E-state index >= 15 is 0 Å². The van der Waals surface area contributed by atoms with Gasteiger partial charge < -0.3 is 10.2 Å². The summed E-state index contributed by atoms with van der Waals surface area (Å²) in [7, 11) is 3.84. The van der Waals surface area contributed by atoms with Crippen LogP contribution in [0.3, 0.4) is 0 Å². The van der Waals surface area contributed by atoms with Gasteiger partial charge in [0.25, 0.3) is 5.56 Å². The summed E-state index contributed by atoms with van der Waals surface area (Å²) in [5.41, 5.74) is 2.71. The van der Waals surface area contributed by atoms with Gasteiger partial charge in [-0.1, -0.05) is 19.1 Å². The molecule has 0 radical (unpaired) electrons. The van der Waals surface area contributed by atoms with E-state index in [2.05, 4.69) is 12.2 Å². The lowest BCUT2D eigenvalue weighted by Crippen LogP contribution is -2.36. The second-order valence-corrected chi connectivity index (χ2v) is 8.82. The summed E-state index contributed by atoms with van der Waals surface area (Å²) in [6.45, 7) is 8.24. The van der Waals surface area contributed by atoms with Crippen molar-refractivity contribution in [2.24, 2.45) is 0 Å². The fraction of sp³-hybridized carbons (Fsp3) is 0.409. The van der Waals surface area contributed by atoms with E-state index in [1.165, 1.54) is 21.5 Å². The van der Waals surface area contributed by atoms with Gasteiger partial charge in [-0.2, -0.15) is 0 Å². The van der Waals surface area contributed by atoms with Gasteiger partial charge in [-0.3, -0.25) is 14.2 Å². The van der Waals surface area contributed by atoms with Crippen molar-refractivity contribution in [1.82, 2.24) is 14.5 Å². The molecule has 3 rings (SSSR count). The Morgan fingerprint density at radius 1 is 1.24 bits per heavy atom. The first kappa shape index (κ1) is 21.2. The Hall–Kier alpha value is -2.51. The molecule has 7 heteroatoms. The molecular weight excluding hydrogens is 384 g/mol. The average molecular weight is 413 g/mol. The number of aryl methyl sites for hydroxylation is 3. The summed E-state index contributed by atoms with van der Waals surface area (Å²) in [6, 6.07) is 7.09. The van der Waals surface area contributed by atoms with Gasteiger partial charge in [0.05, 0.1) is 11.9 Å². The van der Waals surface area contributed by atoms with Crippen LogP contribution in [0.15, 0.2) is 29.1 Å².